The van der Waals surface area contributed by atoms with Gasteiger partial charge in [-0.15, -0.1) is 0 Å². The smallest absolute Gasteiger partial charge is 0.335 e. The molecule has 0 saturated heterocycles. The number of thiophene rings is 1. The normalized spacial score (nSPS) is 10.7. The maximum atomic E-state index is 12.0. The molecule has 0 amide bonds. The van der Waals surface area contributed by atoms with Crippen LogP contribution < -0.4 is 11.2 Å². The van der Waals surface area contributed by atoms with Gasteiger partial charge in [-0.2, -0.15) is 11.3 Å². The molecular formula is C14H9ClN2O3S. The van der Waals surface area contributed by atoms with E-state index < -0.39 is 17.1 Å². The van der Waals surface area contributed by atoms with E-state index in [-0.39, 0.29) is 5.56 Å². The fourth-order valence-electron chi connectivity index (χ4n) is 2.05. The summed E-state index contributed by atoms with van der Waals surface area (Å²) < 4.78 is 1.05. The molecule has 3 rings (SSSR count). The number of halogens is 1. The van der Waals surface area contributed by atoms with Crippen molar-refractivity contribution in [2.75, 3.05) is 0 Å². The quantitative estimate of drug-likeness (QED) is 0.762. The largest absolute Gasteiger partial charge is 0.494 e. The Morgan fingerprint density at radius 1 is 1.24 bits per heavy atom. The zero-order valence-corrected chi connectivity index (χ0v) is 12.1. The maximum absolute atomic E-state index is 12.0. The molecule has 0 unspecified atom stereocenters. The van der Waals surface area contributed by atoms with Crippen molar-refractivity contribution >= 4 is 22.9 Å². The lowest BCUT2D eigenvalue weighted by molar-refractivity contribution is 0.434. The number of benzene rings is 1. The third-order valence-electron chi connectivity index (χ3n) is 2.96. The van der Waals surface area contributed by atoms with Crippen LogP contribution in [0.25, 0.3) is 16.8 Å². The highest BCUT2D eigenvalue weighted by Crippen LogP contribution is 2.28. The van der Waals surface area contributed by atoms with Crippen LogP contribution in [0.3, 0.4) is 0 Å². The lowest BCUT2D eigenvalue weighted by Crippen LogP contribution is -2.29. The zero-order valence-electron chi connectivity index (χ0n) is 10.5. The van der Waals surface area contributed by atoms with Crippen LogP contribution in [-0.4, -0.2) is 14.7 Å². The van der Waals surface area contributed by atoms with Gasteiger partial charge in [0.05, 0.1) is 5.69 Å². The summed E-state index contributed by atoms with van der Waals surface area (Å²) in [7, 11) is 0. The van der Waals surface area contributed by atoms with E-state index >= 15 is 0 Å². The van der Waals surface area contributed by atoms with Crippen molar-refractivity contribution < 1.29 is 5.11 Å². The fraction of sp³-hybridized carbons (Fsp3) is 0. The fourth-order valence-corrected chi connectivity index (χ4v) is 2.86. The molecule has 0 atom stereocenters. The summed E-state index contributed by atoms with van der Waals surface area (Å²) in [4.78, 5) is 26.2. The lowest BCUT2D eigenvalue weighted by atomic mass is 10.1. The molecule has 21 heavy (non-hydrogen) atoms. The van der Waals surface area contributed by atoms with Crippen LogP contribution in [0, 0.1) is 0 Å². The predicted octanol–water partition coefficient (Wildman–Crippen LogP) is 2.61. The summed E-state index contributed by atoms with van der Waals surface area (Å²) in [5.74, 6) is -0.413. The summed E-state index contributed by atoms with van der Waals surface area (Å²) in [6.07, 6.45) is 0. The average Bonchev–Trinajstić information content (AvgIpc) is 2.92. The van der Waals surface area contributed by atoms with Gasteiger partial charge in [-0.1, -0.05) is 23.7 Å². The van der Waals surface area contributed by atoms with Crippen LogP contribution in [0.1, 0.15) is 0 Å². The van der Waals surface area contributed by atoms with Crippen LogP contribution in [0.15, 0.2) is 50.7 Å². The molecule has 0 bridgehead atoms. The predicted molar refractivity (Wildman–Crippen MR) is 82.6 cm³/mol. The highest BCUT2D eigenvalue weighted by atomic mass is 35.5. The molecule has 0 aliphatic rings. The summed E-state index contributed by atoms with van der Waals surface area (Å²) in [6.45, 7) is 0. The van der Waals surface area contributed by atoms with E-state index in [0.29, 0.717) is 16.3 Å². The van der Waals surface area contributed by atoms with Crippen molar-refractivity contribution in [3.63, 3.8) is 0 Å². The SMILES string of the molecule is O=c1[nH]c(=O)n(-c2ccsc2)c(O)c1-c1cccc(Cl)c1. The van der Waals surface area contributed by atoms with Gasteiger partial charge >= 0.3 is 5.69 Å². The maximum Gasteiger partial charge on any atom is 0.335 e. The molecule has 0 spiro atoms. The number of hydrogen-bond acceptors (Lipinski definition) is 4. The number of nitrogens with one attached hydrogen (secondary N) is 1. The van der Waals surface area contributed by atoms with Crippen molar-refractivity contribution in [1.29, 1.82) is 0 Å². The Balaban J connectivity index is 2.35. The monoisotopic (exact) mass is 320 g/mol. The Hall–Kier alpha value is -2.31. The number of H-pyrrole nitrogens is 1. The molecule has 2 aromatic heterocycles. The Labute approximate surface area is 127 Å². The Kier molecular flexibility index (Phi) is 3.40. The number of aromatic nitrogens is 2. The molecule has 0 radical (unpaired) electrons. The standard InChI is InChI=1S/C14H9ClN2O3S/c15-9-3-1-2-8(6-9)11-12(18)16-14(20)17(13(11)19)10-4-5-21-7-10/h1-7,19H,(H,16,18,20). The molecule has 0 aliphatic heterocycles. The van der Waals surface area contributed by atoms with Gasteiger partial charge in [0.15, 0.2) is 0 Å². The van der Waals surface area contributed by atoms with Crippen molar-refractivity contribution in [3.05, 3.63) is 67.0 Å². The van der Waals surface area contributed by atoms with Crippen LogP contribution in [0.5, 0.6) is 5.88 Å². The number of rotatable bonds is 2. The first-order valence-corrected chi connectivity index (χ1v) is 7.27. The number of nitrogens with zero attached hydrogens (tertiary/aromatic N) is 1. The van der Waals surface area contributed by atoms with E-state index in [9.17, 15) is 14.7 Å². The molecule has 106 valence electrons. The molecule has 0 aliphatic carbocycles. The first-order valence-electron chi connectivity index (χ1n) is 5.95. The van der Waals surface area contributed by atoms with Crippen LogP contribution in [-0.2, 0) is 0 Å². The molecular weight excluding hydrogens is 312 g/mol. The molecule has 2 heterocycles. The van der Waals surface area contributed by atoms with Gasteiger partial charge in [-0.05, 0) is 29.1 Å². The first kappa shape index (κ1) is 13.7. The van der Waals surface area contributed by atoms with E-state index in [2.05, 4.69) is 4.98 Å². The summed E-state index contributed by atoms with van der Waals surface area (Å²) in [5, 5.41) is 14.3. The van der Waals surface area contributed by atoms with Crippen molar-refractivity contribution in [2.45, 2.75) is 0 Å². The van der Waals surface area contributed by atoms with E-state index in [1.54, 1.807) is 41.1 Å². The minimum atomic E-state index is -0.693. The molecule has 0 fully saturated rings. The third kappa shape index (κ3) is 2.39. The first-order chi connectivity index (χ1) is 10.1. The van der Waals surface area contributed by atoms with E-state index in [1.165, 1.54) is 11.3 Å². The minimum Gasteiger partial charge on any atom is -0.494 e. The van der Waals surface area contributed by atoms with Gasteiger partial charge in [-0.25, -0.2) is 9.36 Å². The highest BCUT2D eigenvalue weighted by molar-refractivity contribution is 7.08. The number of hydrogen-bond donors (Lipinski definition) is 2. The number of aromatic amines is 1. The van der Waals surface area contributed by atoms with Crippen molar-refractivity contribution in [1.82, 2.24) is 9.55 Å². The summed E-state index contributed by atoms with van der Waals surface area (Å²) >= 11 is 7.29. The van der Waals surface area contributed by atoms with Crippen LogP contribution >= 0.6 is 22.9 Å². The minimum absolute atomic E-state index is 0.00306. The van der Waals surface area contributed by atoms with Crippen LogP contribution in [0.4, 0.5) is 0 Å². The molecule has 3 aromatic rings. The third-order valence-corrected chi connectivity index (χ3v) is 3.87. The zero-order chi connectivity index (χ0) is 15.0. The second kappa shape index (κ2) is 5.23. The summed E-state index contributed by atoms with van der Waals surface area (Å²) in [6, 6.07) is 8.18. The molecule has 5 nitrogen and oxygen atoms in total. The molecule has 7 heteroatoms. The van der Waals surface area contributed by atoms with Gasteiger partial charge in [0, 0.05) is 10.4 Å². The van der Waals surface area contributed by atoms with E-state index in [1.807, 2.05) is 0 Å². The second-order valence-electron chi connectivity index (χ2n) is 4.29. The average molecular weight is 321 g/mol. The summed E-state index contributed by atoms with van der Waals surface area (Å²) in [5.41, 5.74) is -0.427. The van der Waals surface area contributed by atoms with Crippen molar-refractivity contribution in [3.8, 4) is 22.7 Å². The Bertz CT molecular complexity index is 913. The van der Waals surface area contributed by atoms with E-state index in [0.717, 1.165) is 4.57 Å². The highest BCUT2D eigenvalue weighted by Gasteiger charge is 2.17. The van der Waals surface area contributed by atoms with E-state index in [4.69, 9.17) is 11.6 Å². The Morgan fingerprint density at radius 2 is 2.05 bits per heavy atom. The Morgan fingerprint density at radius 3 is 2.71 bits per heavy atom. The topological polar surface area (TPSA) is 75.1 Å². The van der Waals surface area contributed by atoms with Crippen molar-refractivity contribution in [2.24, 2.45) is 0 Å². The van der Waals surface area contributed by atoms with Gasteiger partial charge in [0.25, 0.3) is 5.56 Å². The second-order valence-corrected chi connectivity index (χ2v) is 5.50. The van der Waals surface area contributed by atoms with Gasteiger partial charge in [0.2, 0.25) is 5.88 Å². The molecule has 2 N–H and O–H groups in total. The van der Waals surface area contributed by atoms with Gasteiger partial charge < -0.3 is 5.11 Å². The number of aromatic hydroxyl groups is 1. The van der Waals surface area contributed by atoms with Gasteiger partial charge in [0.1, 0.15) is 5.56 Å². The molecule has 1 aromatic carbocycles. The lowest BCUT2D eigenvalue weighted by Gasteiger charge is -2.10. The van der Waals surface area contributed by atoms with Crippen LogP contribution in [0.2, 0.25) is 5.02 Å². The van der Waals surface area contributed by atoms with Gasteiger partial charge in [-0.3, -0.25) is 9.78 Å². The molecule has 0 saturated carbocycles.